The molecule has 4 nitrogen and oxygen atoms in total. The lowest BCUT2D eigenvalue weighted by molar-refractivity contribution is 0.240. The number of terminal acetylenes is 1. The summed E-state index contributed by atoms with van der Waals surface area (Å²) in [4.78, 5) is 22.3. The van der Waals surface area contributed by atoms with Crippen LogP contribution in [-0.2, 0) is 19.5 Å². The van der Waals surface area contributed by atoms with Crippen molar-refractivity contribution in [2.45, 2.75) is 38.3 Å². The molecule has 1 N–H and O–H groups in total. The molecule has 0 bridgehead atoms. The van der Waals surface area contributed by atoms with Crippen molar-refractivity contribution < 1.29 is 0 Å². The van der Waals surface area contributed by atoms with Gasteiger partial charge in [0.15, 0.2) is 0 Å². The number of hydrogen-bond acceptors (Lipinski definition) is 3. The Bertz CT molecular complexity index is 842. The van der Waals surface area contributed by atoms with Gasteiger partial charge in [0.1, 0.15) is 5.82 Å². The summed E-state index contributed by atoms with van der Waals surface area (Å²) in [6.07, 6.45) is 8.62. The van der Waals surface area contributed by atoms with Crippen LogP contribution in [0.25, 0.3) is 0 Å². The van der Waals surface area contributed by atoms with E-state index in [4.69, 9.17) is 11.4 Å². The maximum absolute atomic E-state index is 12.2. The van der Waals surface area contributed by atoms with Gasteiger partial charge in [0.2, 0.25) is 0 Å². The van der Waals surface area contributed by atoms with Crippen LogP contribution in [-0.4, -0.2) is 21.4 Å². The number of benzene rings is 1. The van der Waals surface area contributed by atoms with Crippen LogP contribution in [0.4, 0.5) is 0 Å². The highest BCUT2D eigenvalue weighted by Gasteiger charge is 2.29. The molecule has 0 spiro atoms. The molecule has 4 rings (SSSR count). The van der Waals surface area contributed by atoms with Gasteiger partial charge >= 0.3 is 0 Å². The lowest BCUT2D eigenvalue weighted by atomic mass is 10.0. The first-order valence-electron chi connectivity index (χ1n) is 8.13. The molecule has 1 aromatic carbocycles. The quantitative estimate of drug-likeness (QED) is 0.884. The Morgan fingerprint density at radius 2 is 2.17 bits per heavy atom. The lowest BCUT2D eigenvalue weighted by Gasteiger charge is -2.28. The number of aromatic nitrogens is 2. The number of fused-ring (bicyclic) bond motifs is 1. The molecule has 0 amide bonds. The first-order chi connectivity index (χ1) is 11.2. The normalized spacial score (nSPS) is 17.5. The summed E-state index contributed by atoms with van der Waals surface area (Å²) in [5.41, 5.74) is 3.96. The topological polar surface area (TPSA) is 49.0 Å². The predicted octanol–water partition coefficient (Wildman–Crippen LogP) is 2.19. The molecule has 116 valence electrons. The Balaban J connectivity index is 1.59. The van der Waals surface area contributed by atoms with Crippen molar-refractivity contribution in [3.8, 4) is 12.3 Å². The highest BCUT2D eigenvalue weighted by atomic mass is 16.1. The van der Waals surface area contributed by atoms with Crippen LogP contribution in [0.5, 0.6) is 0 Å². The Morgan fingerprint density at radius 3 is 2.96 bits per heavy atom. The zero-order valence-corrected chi connectivity index (χ0v) is 13.0. The third-order valence-electron chi connectivity index (χ3n) is 4.70. The van der Waals surface area contributed by atoms with E-state index in [1.807, 2.05) is 18.2 Å². The van der Waals surface area contributed by atoms with Crippen LogP contribution in [0.1, 0.15) is 47.0 Å². The average molecular weight is 305 g/mol. The van der Waals surface area contributed by atoms with Gasteiger partial charge < -0.3 is 4.98 Å². The molecule has 0 atom stereocenters. The SMILES string of the molecule is C#Cc1ccccc1CN1CCc2c(nc(C3CC3)[nH]c2=O)C1. The van der Waals surface area contributed by atoms with Crippen molar-refractivity contribution in [2.75, 3.05) is 6.54 Å². The van der Waals surface area contributed by atoms with E-state index in [0.717, 1.165) is 67.1 Å². The van der Waals surface area contributed by atoms with E-state index in [9.17, 15) is 4.79 Å². The predicted molar refractivity (Wildman–Crippen MR) is 89.0 cm³/mol. The molecule has 0 radical (unpaired) electrons. The fourth-order valence-corrected chi connectivity index (χ4v) is 3.24. The second-order valence-corrected chi connectivity index (χ2v) is 6.41. The van der Waals surface area contributed by atoms with Crippen LogP contribution in [0, 0.1) is 12.3 Å². The second kappa shape index (κ2) is 5.68. The summed E-state index contributed by atoms with van der Waals surface area (Å²) in [5, 5.41) is 0. The molecule has 23 heavy (non-hydrogen) atoms. The minimum atomic E-state index is 0.0561. The van der Waals surface area contributed by atoms with Crippen molar-refractivity contribution in [1.29, 1.82) is 0 Å². The molecular formula is C19H19N3O. The van der Waals surface area contributed by atoms with E-state index in [2.05, 4.69) is 21.9 Å². The van der Waals surface area contributed by atoms with Crippen LogP contribution in [0.15, 0.2) is 29.1 Å². The van der Waals surface area contributed by atoms with Gasteiger partial charge in [-0.15, -0.1) is 6.42 Å². The highest BCUT2D eigenvalue weighted by Crippen LogP contribution is 2.37. The number of nitrogens with zero attached hydrogens (tertiary/aromatic N) is 2. The van der Waals surface area contributed by atoms with Gasteiger partial charge in [0.05, 0.1) is 5.69 Å². The molecule has 0 saturated heterocycles. The third-order valence-corrected chi connectivity index (χ3v) is 4.70. The summed E-state index contributed by atoms with van der Waals surface area (Å²) in [6.45, 7) is 2.38. The Morgan fingerprint density at radius 1 is 1.35 bits per heavy atom. The molecule has 2 heterocycles. The van der Waals surface area contributed by atoms with E-state index < -0.39 is 0 Å². The van der Waals surface area contributed by atoms with Crippen LogP contribution in [0.2, 0.25) is 0 Å². The fraction of sp³-hybridized carbons (Fsp3) is 0.368. The van der Waals surface area contributed by atoms with Gasteiger partial charge in [-0.05, 0) is 30.9 Å². The fourth-order valence-electron chi connectivity index (χ4n) is 3.24. The van der Waals surface area contributed by atoms with E-state index in [0.29, 0.717) is 5.92 Å². The minimum absolute atomic E-state index is 0.0561. The van der Waals surface area contributed by atoms with Gasteiger partial charge in [0.25, 0.3) is 5.56 Å². The molecule has 1 aliphatic heterocycles. The first-order valence-corrected chi connectivity index (χ1v) is 8.13. The highest BCUT2D eigenvalue weighted by molar-refractivity contribution is 5.39. The van der Waals surface area contributed by atoms with Gasteiger partial charge in [0, 0.05) is 36.7 Å². The summed E-state index contributed by atoms with van der Waals surface area (Å²) in [5.74, 6) is 4.09. The average Bonchev–Trinajstić information content (AvgIpc) is 3.40. The smallest absolute Gasteiger partial charge is 0.254 e. The molecule has 2 aromatic rings. The third kappa shape index (κ3) is 2.80. The first kappa shape index (κ1) is 14.2. The lowest BCUT2D eigenvalue weighted by Crippen LogP contribution is -2.35. The van der Waals surface area contributed by atoms with E-state index >= 15 is 0 Å². The van der Waals surface area contributed by atoms with Crippen molar-refractivity contribution in [1.82, 2.24) is 14.9 Å². The zero-order valence-electron chi connectivity index (χ0n) is 13.0. The van der Waals surface area contributed by atoms with Crippen molar-refractivity contribution in [3.63, 3.8) is 0 Å². The minimum Gasteiger partial charge on any atom is -0.310 e. The molecule has 4 heteroatoms. The molecular weight excluding hydrogens is 286 g/mol. The molecule has 1 aromatic heterocycles. The van der Waals surface area contributed by atoms with E-state index in [-0.39, 0.29) is 5.56 Å². The summed E-state index contributed by atoms with van der Waals surface area (Å²) in [7, 11) is 0. The number of H-pyrrole nitrogens is 1. The largest absolute Gasteiger partial charge is 0.310 e. The monoisotopic (exact) mass is 305 g/mol. The van der Waals surface area contributed by atoms with Crippen molar-refractivity contribution in [2.24, 2.45) is 0 Å². The number of hydrogen-bond donors (Lipinski definition) is 1. The van der Waals surface area contributed by atoms with Crippen LogP contribution < -0.4 is 5.56 Å². The molecule has 1 fully saturated rings. The van der Waals surface area contributed by atoms with Gasteiger partial charge in [-0.25, -0.2) is 4.98 Å². The standard InChI is InChI=1S/C19H19N3O/c1-2-13-5-3-4-6-15(13)11-22-10-9-16-17(12-22)20-18(14-7-8-14)21-19(16)23/h1,3-6,14H,7-12H2,(H,20,21,23). The van der Waals surface area contributed by atoms with E-state index in [1.165, 1.54) is 0 Å². The van der Waals surface area contributed by atoms with Crippen molar-refractivity contribution in [3.05, 3.63) is 62.8 Å². The second-order valence-electron chi connectivity index (χ2n) is 6.41. The number of nitrogens with one attached hydrogen (secondary N) is 1. The van der Waals surface area contributed by atoms with Gasteiger partial charge in [-0.1, -0.05) is 24.1 Å². The van der Waals surface area contributed by atoms with Crippen molar-refractivity contribution >= 4 is 0 Å². The maximum Gasteiger partial charge on any atom is 0.254 e. The number of aromatic amines is 1. The van der Waals surface area contributed by atoms with Gasteiger partial charge in [-0.2, -0.15) is 0 Å². The van der Waals surface area contributed by atoms with E-state index in [1.54, 1.807) is 0 Å². The summed E-state index contributed by atoms with van der Waals surface area (Å²) >= 11 is 0. The Labute approximate surface area is 135 Å². The molecule has 2 aliphatic rings. The zero-order chi connectivity index (χ0) is 15.8. The summed E-state index contributed by atoms with van der Waals surface area (Å²) < 4.78 is 0. The molecule has 1 aliphatic carbocycles. The number of rotatable bonds is 3. The van der Waals surface area contributed by atoms with Crippen LogP contribution >= 0.6 is 0 Å². The van der Waals surface area contributed by atoms with Crippen LogP contribution in [0.3, 0.4) is 0 Å². The molecule has 1 saturated carbocycles. The molecule has 0 unspecified atom stereocenters. The Hall–Kier alpha value is -2.38. The maximum atomic E-state index is 12.2. The summed E-state index contributed by atoms with van der Waals surface area (Å²) in [6, 6.07) is 8.03. The Kier molecular flexibility index (Phi) is 3.51. The van der Waals surface area contributed by atoms with Gasteiger partial charge in [-0.3, -0.25) is 9.69 Å².